The fourth-order valence-corrected chi connectivity index (χ4v) is 2.58. The average Bonchev–Trinajstić information content (AvgIpc) is 2.83. The fourth-order valence-electron chi connectivity index (χ4n) is 2.58. The highest BCUT2D eigenvalue weighted by atomic mass is 16.7. The van der Waals surface area contributed by atoms with Crippen molar-refractivity contribution in [3.8, 4) is 0 Å². The summed E-state index contributed by atoms with van der Waals surface area (Å²) >= 11 is 0. The Balaban J connectivity index is 1.83. The lowest BCUT2D eigenvalue weighted by molar-refractivity contribution is -0.163. The second kappa shape index (κ2) is 7.18. The van der Waals surface area contributed by atoms with Crippen LogP contribution in [0.2, 0.25) is 0 Å². The molecule has 1 heterocycles. The van der Waals surface area contributed by atoms with E-state index in [2.05, 4.69) is 29.4 Å². The first kappa shape index (κ1) is 15.4. The molecule has 2 atom stereocenters. The van der Waals surface area contributed by atoms with Crippen LogP contribution in [0.25, 0.3) is 0 Å². The molecule has 1 saturated heterocycles. The van der Waals surface area contributed by atoms with Gasteiger partial charge in [0.1, 0.15) is 0 Å². The van der Waals surface area contributed by atoms with Gasteiger partial charge >= 0.3 is 0 Å². The number of ether oxygens (including phenoxy) is 2. The van der Waals surface area contributed by atoms with Crippen molar-refractivity contribution in [1.82, 2.24) is 10.2 Å². The molecule has 0 amide bonds. The van der Waals surface area contributed by atoms with E-state index in [9.17, 15) is 0 Å². The van der Waals surface area contributed by atoms with Crippen molar-refractivity contribution in [2.45, 2.75) is 25.2 Å². The summed E-state index contributed by atoms with van der Waals surface area (Å²) < 4.78 is 12.0. The zero-order valence-electron chi connectivity index (χ0n) is 12.8. The molecule has 2 unspecified atom stereocenters. The van der Waals surface area contributed by atoms with E-state index < -0.39 is 5.79 Å². The van der Waals surface area contributed by atoms with Crippen molar-refractivity contribution in [1.29, 1.82) is 0 Å². The van der Waals surface area contributed by atoms with Crippen molar-refractivity contribution in [3.05, 3.63) is 35.9 Å². The third kappa shape index (κ3) is 4.03. The first-order chi connectivity index (χ1) is 9.64. The molecule has 112 valence electrons. The lowest BCUT2D eigenvalue weighted by Gasteiger charge is -2.25. The van der Waals surface area contributed by atoms with E-state index in [1.807, 2.05) is 32.2 Å². The van der Waals surface area contributed by atoms with E-state index in [1.54, 1.807) is 0 Å². The van der Waals surface area contributed by atoms with Crippen LogP contribution in [0.3, 0.4) is 0 Å². The Morgan fingerprint density at radius 3 is 2.80 bits per heavy atom. The SMILES string of the molecule is CNCCCN(C)CC1COC(C)(c2ccccc2)O1. The predicted octanol–water partition coefficient (Wildman–Crippen LogP) is 1.82. The maximum absolute atomic E-state index is 6.13. The van der Waals surface area contributed by atoms with Gasteiger partial charge in [0.05, 0.1) is 12.7 Å². The summed E-state index contributed by atoms with van der Waals surface area (Å²) in [5, 5.41) is 3.17. The third-order valence-corrected chi connectivity index (χ3v) is 3.72. The molecule has 4 nitrogen and oxygen atoms in total. The van der Waals surface area contributed by atoms with Crippen molar-refractivity contribution in [2.24, 2.45) is 0 Å². The molecule has 1 N–H and O–H groups in total. The van der Waals surface area contributed by atoms with Gasteiger partial charge in [0.15, 0.2) is 5.79 Å². The second-order valence-electron chi connectivity index (χ2n) is 5.58. The number of hydrogen-bond acceptors (Lipinski definition) is 4. The monoisotopic (exact) mass is 278 g/mol. The number of rotatable bonds is 7. The molecule has 0 radical (unpaired) electrons. The van der Waals surface area contributed by atoms with Crippen molar-refractivity contribution >= 4 is 0 Å². The minimum Gasteiger partial charge on any atom is -0.343 e. The Labute approximate surface area is 122 Å². The van der Waals surface area contributed by atoms with Crippen molar-refractivity contribution in [2.75, 3.05) is 40.3 Å². The molecule has 1 aromatic rings. The van der Waals surface area contributed by atoms with Gasteiger partial charge in [-0.05, 0) is 40.5 Å². The minimum absolute atomic E-state index is 0.139. The highest BCUT2D eigenvalue weighted by Gasteiger charge is 2.38. The molecule has 1 aliphatic rings. The molecule has 0 aromatic heterocycles. The maximum atomic E-state index is 6.13. The van der Waals surface area contributed by atoms with Gasteiger partial charge in [-0.15, -0.1) is 0 Å². The molecule has 4 heteroatoms. The quantitative estimate of drug-likeness (QED) is 0.771. The summed E-state index contributed by atoms with van der Waals surface area (Å²) in [4.78, 5) is 2.31. The molecule has 1 fully saturated rings. The lowest BCUT2D eigenvalue weighted by atomic mass is 10.1. The lowest BCUT2D eigenvalue weighted by Crippen LogP contribution is -2.33. The van der Waals surface area contributed by atoms with Crippen LogP contribution < -0.4 is 5.32 Å². The topological polar surface area (TPSA) is 33.7 Å². The normalized spacial score (nSPS) is 26.3. The zero-order valence-corrected chi connectivity index (χ0v) is 12.8. The molecule has 0 spiro atoms. The van der Waals surface area contributed by atoms with Crippen molar-refractivity contribution < 1.29 is 9.47 Å². The average molecular weight is 278 g/mol. The van der Waals surface area contributed by atoms with Gasteiger partial charge in [-0.3, -0.25) is 0 Å². The number of nitrogens with one attached hydrogen (secondary N) is 1. The Bertz CT molecular complexity index is 399. The number of benzene rings is 1. The maximum Gasteiger partial charge on any atom is 0.192 e. The van der Waals surface area contributed by atoms with Crippen LogP contribution in [0.5, 0.6) is 0 Å². The third-order valence-electron chi connectivity index (χ3n) is 3.72. The van der Waals surface area contributed by atoms with Gasteiger partial charge in [0.2, 0.25) is 0 Å². The first-order valence-electron chi connectivity index (χ1n) is 7.34. The van der Waals surface area contributed by atoms with Crippen molar-refractivity contribution in [3.63, 3.8) is 0 Å². The van der Waals surface area contributed by atoms with Gasteiger partial charge in [-0.1, -0.05) is 30.3 Å². The molecule has 20 heavy (non-hydrogen) atoms. The Morgan fingerprint density at radius 1 is 1.35 bits per heavy atom. The standard InChI is InChI=1S/C16H26N2O2/c1-16(14-8-5-4-6-9-14)19-13-15(20-16)12-18(3)11-7-10-17-2/h4-6,8-9,15,17H,7,10-13H2,1-3H3. The number of likely N-dealkylation sites (N-methyl/N-ethyl adjacent to an activating group) is 1. The van der Waals surface area contributed by atoms with Crippen LogP contribution in [0.15, 0.2) is 30.3 Å². The largest absolute Gasteiger partial charge is 0.343 e. The van der Waals surface area contributed by atoms with Gasteiger partial charge < -0.3 is 19.7 Å². The number of nitrogens with zero attached hydrogens (tertiary/aromatic N) is 1. The van der Waals surface area contributed by atoms with E-state index in [0.717, 1.165) is 31.6 Å². The van der Waals surface area contributed by atoms with E-state index in [0.29, 0.717) is 6.61 Å². The van der Waals surface area contributed by atoms with Crippen LogP contribution in [0.4, 0.5) is 0 Å². The zero-order chi connectivity index (χ0) is 14.4. The van der Waals surface area contributed by atoms with E-state index >= 15 is 0 Å². The molecule has 0 saturated carbocycles. The summed E-state index contributed by atoms with van der Waals surface area (Å²) in [5.74, 6) is -0.599. The molecule has 0 bridgehead atoms. The Hall–Kier alpha value is -0.940. The van der Waals surface area contributed by atoms with Crippen LogP contribution in [-0.4, -0.2) is 51.3 Å². The predicted molar refractivity (Wildman–Crippen MR) is 80.7 cm³/mol. The smallest absolute Gasteiger partial charge is 0.192 e. The van der Waals surface area contributed by atoms with Gasteiger partial charge in [-0.25, -0.2) is 0 Å². The van der Waals surface area contributed by atoms with Gasteiger partial charge in [-0.2, -0.15) is 0 Å². The Kier molecular flexibility index (Phi) is 5.54. The van der Waals surface area contributed by atoms with E-state index in [4.69, 9.17) is 9.47 Å². The van der Waals surface area contributed by atoms with Crippen LogP contribution >= 0.6 is 0 Å². The minimum atomic E-state index is -0.599. The van der Waals surface area contributed by atoms with E-state index in [-0.39, 0.29) is 6.10 Å². The van der Waals surface area contributed by atoms with E-state index in [1.165, 1.54) is 0 Å². The molecular formula is C16H26N2O2. The molecule has 2 rings (SSSR count). The summed E-state index contributed by atoms with van der Waals surface area (Å²) in [6.45, 7) is 5.69. The van der Waals surface area contributed by atoms with Gasteiger partial charge in [0.25, 0.3) is 0 Å². The van der Waals surface area contributed by atoms with Crippen LogP contribution in [0.1, 0.15) is 18.9 Å². The Morgan fingerprint density at radius 2 is 2.10 bits per heavy atom. The molecule has 1 aliphatic heterocycles. The summed E-state index contributed by atoms with van der Waals surface area (Å²) in [6, 6.07) is 10.2. The molecule has 0 aliphatic carbocycles. The second-order valence-corrected chi connectivity index (χ2v) is 5.58. The summed E-state index contributed by atoms with van der Waals surface area (Å²) in [5.41, 5.74) is 1.08. The highest BCUT2D eigenvalue weighted by Crippen LogP contribution is 2.33. The van der Waals surface area contributed by atoms with Gasteiger partial charge in [0, 0.05) is 12.1 Å². The molecular weight excluding hydrogens is 252 g/mol. The van der Waals surface area contributed by atoms with Crippen LogP contribution in [0, 0.1) is 0 Å². The highest BCUT2D eigenvalue weighted by molar-refractivity contribution is 5.20. The summed E-state index contributed by atoms with van der Waals surface area (Å²) in [7, 11) is 4.12. The fraction of sp³-hybridized carbons (Fsp3) is 0.625. The number of hydrogen-bond donors (Lipinski definition) is 1. The first-order valence-corrected chi connectivity index (χ1v) is 7.34. The van der Waals surface area contributed by atoms with Crippen LogP contribution in [-0.2, 0) is 15.3 Å². The molecule has 1 aromatic carbocycles. The summed E-state index contributed by atoms with van der Waals surface area (Å²) in [6.07, 6.45) is 1.29.